The van der Waals surface area contributed by atoms with Gasteiger partial charge in [0.25, 0.3) is 0 Å². The molecular weight excluding hydrogens is 444 g/mol. The van der Waals surface area contributed by atoms with Crippen LogP contribution in [0.1, 0.15) is 69.1 Å². The van der Waals surface area contributed by atoms with E-state index in [-0.39, 0.29) is 18.7 Å². The van der Waals surface area contributed by atoms with Crippen LogP contribution in [0.5, 0.6) is 5.75 Å². The summed E-state index contributed by atoms with van der Waals surface area (Å²) >= 11 is 0. The summed E-state index contributed by atoms with van der Waals surface area (Å²) in [6, 6.07) is 16.6. The maximum atomic E-state index is 12.4. The second kappa shape index (κ2) is 11.0. The first-order valence-corrected chi connectivity index (χ1v) is 11.9. The zero-order valence-electron chi connectivity index (χ0n) is 19.8. The highest BCUT2D eigenvalue weighted by Gasteiger charge is 2.38. The Morgan fingerprint density at radius 2 is 1.66 bits per heavy atom. The second-order valence-electron chi connectivity index (χ2n) is 8.88. The monoisotopic (exact) mass is 472 g/mol. The van der Waals surface area contributed by atoms with Gasteiger partial charge in [-0.15, -0.1) is 0 Å². The minimum atomic E-state index is -0.610. The van der Waals surface area contributed by atoms with E-state index >= 15 is 0 Å². The highest BCUT2D eigenvalue weighted by atomic mass is 16.5. The summed E-state index contributed by atoms with van der Waals surface area (Å²) in [4.78, 5) is 28.7. The van der Waals surface area contributed by atoms with E-state index in [2.05, 4.69) is 21.5 Å². The van der Waals surface area contributed by atoms with Crippen molar-refractivity contribution in [2.75, 3.05) is 0 Å². The first kappa shape index (κ1) is 24.1. The van der Waals surface area contributed by atoms with E-state index in [1.54, 1.807) is 24.3 Å². The van der Waals surface area contributed by atoms with Crippen molar-refractivity contribution in [1.29, 1.82) is 5.26 Å². The third-order valence-corrected chi connectivity index (χ3v) is 6.24. The highest BCUT2D eigenvalue weighted by Crippen LogP contribution is 2.34. The van der Waals surface area contributed by atoms with Crippen LogP contribution < -0.4 is 10.1 Å². The van der Waals surface area contributed by atoms with Crippen molar-refractivity contribution in [3.05, 3.63) is 65.8 Å². The number of carbonyl (C=O) groups is 2. The first-order chi connectivity index (χ1) is 17.0. The Kier molecular flexibility index (Phi) is 7.56. The van der Waals surface area contributed by atoms with E-state index in [1.165, 1.54) is 6.92 Å². The molecule has 180 valence electrons. The van der Waals surface area contributed by atoms with Gasteiger partial charge in [-0.1, -0.05) is 55.1 Å². The number of rotatable bonds is 7. The number of esters is 1. The fourth-order valence-electron chi connectivity index (χ4n) is 4.47. The van der Waals surface area contributed by atoms with Gasteiger partial charge in [0.05, 0.1) is 18.1 Å². The van der Waals surface area contributed by atoms with E-state index in [1.807, 2.05) is 24.3 Å². The molecule has 35 heavy (non-hydrogen) atoms. The summed E-state index contributed by atoms with van der Waals surface area (Å²) in [6.07, 6.45) is 6.09. The quantitative estimate of drug-likeness (QED) is 0.297. The van der Waals surface area contributed by atoms with Gasteiger partial charge in [-0.3, -0.25) is 9.59 Å². The van der Waals surface area contributed by atoms with E-state index in [0.29, 0.717) is 23.0 Å². The third-order valence-electron chi connectivity index (χ3n) is 6.24. The Balaban J connectivity index is 1.34. The number of nitrogens with one attached hydrogen (secondary N) is 1. The molecule has 4 rings (SSSR count). The number of aromatic nitrogens is 2. The van der Waals surface area contributed by atoms with Crippen molar-refractivity contribution in [3.8, 4) is 22.9 Å². The van der Waals surface area contributed by atoms with Crippen LogP contribution in [0.4, 0.5) is 0 Å². The fourth-order valence-corrected chi connectivity index (χ4v) is 4.47. The van der Waals surface area contributed by atoms with Gasteiger partial charge < -0.3 is 14.6 Å². The Morgan fingerprint density at radius 3 is 2.26 bits per heavy atom. The Labute approximate surface area is 204 Å². The van der Waals surface area contributed by atoms with E-state index in [4.69, 9.17) is 14.5 Å². The number of benzene rings is 2. The molecule has 0 spiro atoms. The lowest BCUT2D eigenvalue weighted by Crippen LogP contribution is -2.45. The molecule has 3 aromatic rings. The van der Waals surface area contributed by atoms with Crippen molar-refractivity contribution in [2.45, 2.75) is 63.8 Å². The minimum absolute atomic E-state index is 0.0894. The van der Waals surface area contributed by atoms with Gasteiger partial charge in [-0.2, -0.15) is 10.2 Å². The maximum absolute atomic E-state index is 12.4. The predicted molar refractivity (Wildman–Crippen MR) is 128 cm³/mol. The van der Waals surface area contributed by atoms with Crippen LogP contribution in [-0.2, 0) is 21.5 Å². The van der Waals surface area contributed by atoms with Gasteiger partial charge in [-0.05, 0) is 48.2 Å². The van der Waals surface area contributed by atoms with E-state index < -0.39 is 11.5 Å². The van der Waals surface area contributed by atoms with Gasteiger partial charge in [-0.25, -0.2) is 0 Å². The average molecular weight is 473 g/mol. The molecule has 8 heteroatoms. The van der Waals surface area contributed by atoms with Crippen LogP contribution in [0.2, 0.25) is 0 Å². The number of amides is 1. The fraction of sp³-hybridized carbons (Fsp3) is 0.370. The molecule has 0 saturated heterocycles. The number of ether oxygens (including phenoxy) is 1. The number of nitriles is 1. The zero-order chi connectivity index (χ0) is 24.7. The molecule has 0 radical (unpaired) electrons. The number of carbonyl (C=O) groups excluding carboxylic acids is 2. The second-order valence-corrected chi connectivity index (χ2v) is 8.88. The predicted octanol–water partition coefficient (Wildman–Crippen LogP) is 4.83. The molecule has 1 amide bonds. The molecule has 1 heterocycles. The molecule has 0 aliphatic heterocycles. The molecule has 1 N–H and O–H groups in total. The number of nitrogens with zero attached hydrogens (tertiary/aromatic N) is 3. The maximum Gasteiger partial charge on any atom is 0.311 e. The van der Waals surface area contributed by atoms with Crippen LogP contribution in [0.25, 0.3) is 11.1 Å². The standard InChI is InChI=1S/C27H28N4O4/c1-19(32)30-27(16-4-2-3-5-17-27)26-29-24(35-31-26)14-15-25(33)34-23-12-10-22(11-13-23)21-8-6-20(18-28)7-9-21/h6-13H,2-5,14-17H2,1H3,(H,30,32). The average Bonchev–Trinajstić information content (AvgIpc) is 3.23. The van der Waals surface area contributed by atoms with Crippen LogP contribution in [-0.4, -0.2) is 22.0 Å². The summed E-state index contributed by atoms with van der Waals surface area (Å²) in [6.45, 7) is 1.50. The van der Waals surface area contributed by atoms with Crippen LogP contribution >= 0.6 is 0 Å². The topological polar surface area (TPSA) is 118 Å². The molecule has 1 aliphatic rings. The number of hydrogen-bond acceptors (Lipinski definition) is 7. The lowest BCUT2D eigenvalue weighted by Gasteiger charge is -2.30. The van der Waals surface area contributed by atoms with Crippen molar-refractivity contribution in [1.82, 2.24) is 15.5 Å². The summed E-state index contributed by atoms with van der Waals surface area (Å²) in [7, 11) is 0. The number of hydrogen-bond donors (Lipinski definition) is 1. The molecule has 2 aromatic carbocycles. The normalized spacial score (nSPS) is 15.0. The van der Waals surface area contributed by atoms with Crippen molar-refractivity contribution >= 4 is 11.9 Å². The molecule has 1 aliphatic carbocycles. The molecule has 0 atom stereocenters. The van der Waals surface area contributed by atoms with Crippen molar-refractivity contribution < 1.29 is 18.8 Å². The SMILES string of the molecule is CC(=O)NC1(c2noc(CCC(=O)Oc3ccc(-c4ccc(C#N)cc4)cc3)n2)CCCCCC1. The molecule has 1 aromatic heterocycles. The lowest BCUT2D eigenvalue weighted by atomic mass is 9.89. The van der Waals surface area contributed by atoms with Gasteiger partial charge in [0.2, 0.25) is 11.8 Å². The lowest BCUT2D eigenvalue weighted by molar-refractivity contribution is -0.134. The summed E-state index contributed by atoms with van der Waals surface area (Å²) in [5.74, 6) is 0.758. The van der Waals surface area contributed by atoms with Gasteiger partial charge >= 0.3 is 5.97 Å². The summed E-state index contributed by atoms with van der Waals surface area (Å²) in [5, 5.41) is 16.1. The Hall–Kier alpha value is -3.99. The molecular formula is C27H28N4O4. The Bertz CT molecular complexity index is 1200. The van der Waals surface area contributed by atoms with Crippen LogP contribution in [0.3, 0.4) is 0 Å². The van der Waals surface area contributed by atoms with Crippen LogP contribution in [0.15, 0.2) is 53.1 Å². The minimum Gasteiger partial charge on any atom is -0.427 e. The van der Waals surface area contributed by atoms with Gasteiger partial charge in [0.1, 0.15) is 11.3 Å². The highest BCUT2D eigenvalue weighted by molar-refractivity contribution is 5.74. The molecule has 8 nitrogen and oxygen atoms in total. The van der Waals surface area contributed by atoms with Gasteiger partial charge in [0, 0.05) is 13.3 Å². The third kappa shape index (κ3) is 6.12. The van der Waals surface area contributed by atoms with Crippen molar-refractivity contribution in [3.63, 3.8) is 0 Å². The van der Waals surface area contributed by atoms with Crippen molar-refractivity contribution in [2.24, 2.45) is 0 Å². The van der Waals surface area contributed by atoms with E-state index in [0.717, 1.165) is 49.7 Å². The number of aryl methyl sites for hydroxylation is 1. The van der Waals surface area contributed by atoms with E-state index in [9.17, 15) is 9.59 Å². The van der Waals surface area contributed by atoms with Gasteiger partial charge in [0.15, 0.2) is 5.82 Å². The molecule has 0 bridgehead atoms. The smallest absolute Gasteiger partial charge is 0.311 e. The molecule has 1 saturated carbocycles. The van der Waals surface area contributed by atoms with Crippen LogP contribution in [0, 0.1) is 11.3 Å². The Morgan fingerprint density at radius 1 is 1.03 bits per heavy atom. The largest absolute Gasteiger partial charge is 0.427 e. The first-order valence-electron chi connectivity index (χ1n) is 11.9. The molecule has 0 unspecified atom stereocenters. The summed E-state index contributed by atoms with van der Waals surface area (Å²) < 4.78 is 10.9. The zero-order valence-corrected chi connectivity index (χ0v) is 19.8. The summed E-state index contributed by atoms with van der Waals surface area (Å²) in [5.41, 5.74) is 1.92. The molecule has 1 fully saturated rings.